The van der Waals surface area contributed by atoms with Crippen LogP contribution in [0.15, 0.2) is 59.4 Å². The summed E-state index contributed by atoms with van der Waals surface area (Å²) in [7, 11) is 1.74. The van der Waals surface area contributed by atoms with Gasteiger partial charge in [0.1, 0.15) is 5.69 Å². The molecule has 0 aliphatic rings. The molecule has 1 N–H and O–H groups in total. The first kappa shape index (κ1) is 23.1. The van der Waals surface area contributed by atoms with Crippen LogP contribution in [0.1, 0.15) is 42.4 Å². The fraction of sp³-hybridized carbons (Fsp3) is 0.320. The van der Waals surface area contributed by atoms with Crippen LogP contribution >= 0.6 is 0 Å². The molecule has 7 heteroatoms. The Morgan fingerprint density at radius 1 is 1.00 bits per heavy atom. The van der Waals surface area contributed by atoms with Gasteiger partial charge in [0.25, 0.3) is 11.5 Å². The van der Waals surface area contributed by atoms with Gasteiger partial charge in [-0.1, -0.05) is 44.2 Å². The van der Waals surface area contributed by atoms with Crippen molar-refractivity contribution < 1.29 is 14.3 Å². The van der Waals surface area contributed by atoms with Gasteiger partial charge in [0.05, 0.1) is 16.9 Å². The van der Waals surface area contributed by atoms with E-state index in [0.717, 1.165) is 12.0 Å². The number of amides is 1. The van der Waals surface area contributed by atoms with Crippen molar-refractivity contribution in [1.29, 1.82) is 0 Å². The minimum absolute atomic E-state index is 0.155. The molecule has 7 nitrogen and oxygen atoms in total. The van der Waals surface area contributed by atoms with Crippen molar-refractivity contribution >= 4 is 17.6 Å². The van der Waals surface area contributed by atoms with Gasteiger partial charge in [-0.25, -0.2) is 9.48 Å². The van der Waals surface area contributed by atoms with Crippen molar-refractivity contribution in [3.63, 3.8) is 0 Å². The van der Waals surface area contributed by atoms with Crippen LogP contribution in [0.5, 0.6) is 0 Å². The van der Waals surface area contributed by atoms with Crippen LogP contribution in [0, 0.1) is 12.8 Å². The molecule has 3 rings (SSSR count). The molecular formula is C25H29N3O4. The Morgan fingerprint density at radius 2 is 1.62 bits per heavy atom. The van der Waals surface area contributed by atoms with E-state index in [4.69, 9.17) is 4.74 Å². The van der Waals surface area contributed by atoms with Crippen molar-refractivity contribution in [2.45, 2.75) is 40.2 Å². The Hall–Kier alpha value is -3.61. The Morgan fingerprint density at radius 3 is 2.22 bits per heavy atom. The van der Waals surface area contributed by atoms with Crippen LogP contribution in [0.2, 0.25) is 0 Å². The summed E-state index contributed by atoms with van der Waals surface area (Å²) in [4.78, 5) is 38.1. The second kappa shape index (κ2) is 9.68. The lowest BCUT2D eigenvalue weighted by molar-refractivity contribution is -0.123. The number of esters is 1. The third kappa shape index (κ3) is 4.99. The number of hydrogen-bond acceptors (Lipinski definition) is 4. The third-order valence-corrected chi connectivity index (χ3v) is 5.29. The van der Waals surface area contributed by atoms with Gasteiger partial charge in [-0.3, -0.25) is 14.3 Å². The maximum atomic E-state index is 12.9. The molecule has 0 aliphatic carbocycles. The Bertz CT molecular complexity index is 1160. The molecule has 1 atom stereocenters. The van der Waals surface area contributed by atoms with Gasteiger partial charge in [-0.2, -0.15) is 0 Å². The fourth-order valence-corrected chi connectivity index (χ4v) is 3.47. The number of para-hydroxylation sites is 1. The summed E-state index contributed by atoms with van der Waals surface area (Å²) >= 11 is 0. The standard InChI is InChI=1S/C25H29N3O4/c1-16(2)15-19-11-13-20(14-12-19)25(31)32-18(4)23(29)26-22-17(3)27(5)28(24(22)30)21-9-7-6-8-10-21/h6-14,16,18H,15H2,1-5H3,(H,26,29). The van der Waals surface area contributed by atoms with Crippen molar-refractivity contribution in [2.24, 2.45) is 13.0 Å². The van der Waals surface area contributed by atoms with Gasteiger partial charge >= 0.3 is 5.97 Å². The zero-order chi connectivity index (χ0) is 23.4. The molecule has 0 saturated heterocycles. The molecule has 0 aliphatic heterocycles. The number of benzene rings is 2. The number of ether oxygens (including phenoxy) is 1. The maximum absolute atomic E-state index is 12.9. The monoisotopic (exact) mass is 435 g/mol. The zero-order valence-corrected chi connectivity index (χ0v) is 19.1. The number of aromatic nitrogens is 2. The summed E-state index contributed by atoms with van der Waals surface area (Å²) in [5.41, 5.74) is 2.58. The topological polar surface area (TPSA) is 82.3 Å². The molecule has 32 heavy (non-hydrogen) atoms. The number of carbonyl (C=O) groups excluding carboxylic acids is 2. The normalized spacial score (nSPS) is 11.9. The summed E-state index contributed by atoms with van der Waals surface area (Å²) < 4.78 is 8.47. The van der Waals surface area contributed by atoms with Crippen molar-refractivity contribution in [3.8, 4) is 5.69 Å². The summed E-state index contributed by atoms with van der Waals surface area (Å²) in [6.07, 6.45) is -0.146. The quantitative estimate of drug-likeness (QED) is 0.571. The molecule has 0 spiro atoms. The lowest BCUT2D eigenvalue weighted by Crippen LogP contribution is -2.32. The van der Waals surface area contributed by atoms with E-state index in [0.29, 0.717) is 22.9 Å². The van der Waals surface area contributed by atoms with Gasteiger partial charge in [-0.05, 0) is 56.0 Å². The zero-order valence-electron chi connectivity index (χ0n) is 19.1. The smallest absolute Gasteiger partial charge is 0.338 e. The molecule has 168 valence electrons. The van der Waals surface area contributed by atoms with E-state index in [-0.39, 0.29) is 11.2 Å². The highest BCUT2D eigenvalue weighted by atomic mass is 16.5. The summed E-state index contributed by atoms with van der Waals surface area (Å²) in [5.74, 6) is -0.638. The molecule has 3 aromatic rings. The van der Waals surface area contributed by atoms with Crippen LogP contribution in [0.4, 0.5) is 5.69 Å². The first-order valence-electron chi connectivity index (χ1n) is 10.6. The second-order valence-electron chi connectivity index (χ2n) is 8.27. The van der Waals surface area contributed by atoms with Gasteiger partial charge in [-0.15, -0.1) is 0 Å². The van der Waals surface area contributed by atoms with Crippen LogP contribution < -0.4 is 10.9 Å². The highest BCUT2D eigenvalue weighted by Gasteiger charge is 2.23. The number of hydrogen-bond donors (Lipinski definition) is 1. The van der Waals surface area contributed by atoms with E-state index in [1.807, 2.05) is 42.5 Å². The van der Waals surface area contributed by atoms with Gasteiger partial charge in [0.2, 0.25) is 0 Å². The predicted molar refractivity (Wildman–Crippen MR) is 124 cm³/mol. The Labute approximate surface area is 187 Å². The van der Waals surface area contributed by atoms with Gasteiger partial charge < -0.3 is 10.1 Å². The van der Waals surface area contributed by atoms with E-state index >= 15 is 0 Å². The lowest BCUT2D eigenvalue weighted by Gasteiger charge is -2.13. The number of nitrogens with zero attached hydrogens (tertiary/aromatic N) is 2. The predicted octanol–water partition coefficient (Wildman–Crippen LogP) is 3.87. The number of carbonyl (C=O) groups is 2. The number of anilines is 1. The van der Waals surface area contributed by atoms with Gasteiger partial charge in [0, 0.05) is 7.05 Å². The molecule has 1 aromatic heterocycles. The summed E-state index contributed by atoms with van der Waals surface area (Å²) in [6, 6.07) is 16.3. The minimum atomic E-state index is -1.07. The molecule has 1 unspecified atom stereocenters. The molecule has 1 heterocycles. The first-order valence-corrected chi connectivity index (χ1v) is 10.6. The van der Waals surface area contributed by atoms with E-state index in [1.54, 1.807) is 30.8 Å². The molecule has 0 bridgehead atoms. The molecule has 2 aromatic carbocycles. The average Bonchev–Trinajstić information content (AvgIpc) is 2.97. The fourth-order valence-electron chi connectivity index (χ4n) is 3.47. The minimum Gasteiger partial charge on any atom is -0.449 e. The van der Waals surface area contributed by atoms with E-state index in [9.17, 15) is 14.4 Å². The average molecular weight is 436 g/mol. The van der Waals surface area contributed by atoms with Crippen LogP contribution in [-0.2, 0) is 23.0 Å². The van der Waals surface area contributed by atoms with E-state index < -0.39 is 18.0 Å². The van der Waals surface area contributed by atoms with Crippen LogP contribution in [0.3, 0.4) is 0 Å². The second-order valence-corrected chi connectivity index (χ2v) is 8.27. The Balaban J connectivity index is 1.71. The molecule has 0 radical (unpaired) electrons. The van der Waals surface area contributed by atoms with Gasteiger partial charge in [0.15, 0.2) is 6.10 Å². The number of rotatable bonds is 7. The molecule has 0 fully saturated rings. The van der Waals surface area contributed by atoms with E-state index in [2.05, 4.69) is 19.2 Å². The lowest BCUT2D eigenvalue weighted by atomic mass is 10.0. The van der Waals surface area contributed by atoms with Crippen LogP contribution in [-0.4, -0.2) is 27.3 Å². The Kier molecular flexibility index (Phi) is 6.98. The highest BCUT2D eigenvalue weighted by molar-refractivity contribution is 5.97. The maximum Gasteiger partial charge on any atom is 0.338 e. The highest BCUT2D eigenvalue weighted by Crippen LogP contribution is 2.15. The van der Waals surface area contributed by atoms with Crippen molar-refractivity contribution in [1.82, 2.24) is 9.36 Å². The van der Waals surface area contributed by atoms with Crippen molar-refractivity contribution in [3.05, 3.63) is 81.8 Å². The first-order chi connectivity index (χ1) is 15.2. The number of nitrogens with one attached hydrogen (secondary N) is 1. The SMILES string of the molecule is Cc1c(NC(=O)C(C)OC(=O)c2ccc(CC(C)C)cc2)c(=O)n(-c2ccccc2)n1C. The van der Waals surface area contributed by atoms with Crippen molar-refractivity contribution in [2.75, 3.05) is 5.32 Å². The molecular weight excluding hydrogens is 406 g/mol. The van der Waals surface area contributed by atoms with Crippen LogP contribution in [0.25, 0.3) is 5.69 Å². The largest absolute Gasteiger partial charge is 0.449 e. The summed E-state index contributed by atoms with van der Waals surface area (Å²) in [5, 5.41) is 2.63. The van der Waals surface area contributed by atoms with E-state index in [1.165, 1.54) is 11.6 Å². The summed E-state index contributed by atoms with van der Waals surface area (Å²) in [6.45, 7) is 7.48. The third-order valence-electron chi connectivity index (χ3n) is 5.29. The molecule has 1 amide bonds. The molecule has 0 saturated carbocycles.